The van der Waals surface area contributed by atoms with Crippen molar-refractivity contribution < 1.29 is 0 Å². The summed E-state index contributed by atoms with van der Waals surface area (Å²) in [5.74, 6) is 0.706. The molecule has 0 spiro atoms. The Labute approximate surface area is 116 Å². The molecular formula is C13H21BrN2S. The molecule has 0 aromatic carbocycles. The Morgan fingerprint density at radius 1 is 1.53 bits per heavy atom. The lowest BCUT2D eigenvalue weighted by atomic mass is 10.0. The molecule has 0 aliphatic heterocycles. The molecule has 2 N–H and O–H groups in total. The Kier molecular flexibility index (Phi) is 5.03. The third kappa shape index (κ3) is 3.31. The molecule has 2 atom stereocenters. The van der Waals surface area contributed by atoms with Crippen LogP contribution >= 0.6 is 27.3 Å². The third-order valence-electron chi connectivity index (χ3n) is 3.80. The normalized spacial score (nSPS) is 24.7. The molecular weight excluding hydrogens is 296 g/mol. The van der Waals surface area contributed by atoms with Crippen LogP contribution < -0.4 is 5.73 Å². The lowest BCUT2D eigenvalue weighted by Crippen LogP contribution is -2.39. The second kappa shape index (κ2) is 6.32. The van der Waals surface area contributed by atoms with Crippen LogP contribution in [0.3, 0.4) is 0 Å². The van der Waals surface area contributed by atoms with Crippen LogP contribution in [0, 0.1) is 5.92 Å². The maximum absolute atomic E-state index is 5.88. The topological polar surface area (TPSA) is 29.3 Å². The van der Waals surface area contributed by atoms with Crippen LogP contribution in [0.15, 0.2) is 15.2 Å². The van der Waals surface area contributed by atoms with Crippen molar-refractivity contribution in [2.45, 2.75) is 38.8 Å². The van der Waals surface area contributed by atoms with Crippen LogP contribution in [0.5, 0.6) is 0 Å². The third-order valence-corrected chi connectivity index (χ3v) is 5.36. The number of hydrogen-bond donors (Lipinski definition) is 1. The summed E-state index contributed by atoms with van der Waals surface area (Å²) in [7, 11) is 0. The van der Waals surface area contributed by atoms with E-state index in [0.717, 1.165) is 19.6 Å². The van der Waals surface area contributed by atoms with Crippen LogP contribution in [-0.2, 0) is 6.54 Å². The van der Waals surface area contributed by atoms with Crippen molar-refractivity contribution >= 4 is 27.3 Å². The summed E-state index contributed by atoms with van der Waals surface area (Å²) in [5, 5.41) is 2.25. The van der Waals surface area contributed by atoms with Crippen LogP contribution in [-0.4, -0.2) is 24.0 Å². The van der Waals surface area contributed by atoms with Gasteiger partial charge in [-0.15, -0.1) is 11.3 Å². The molecule has 0 bridgehead atoms. The zero-order valence-electron chi connectivity index (χ0n) is 10.4. The van der Waals surface area contributed by atoms with Crippen molar-refractivity contribution in [2.75, 3.05) is 13.1 Å². The molecule has 1 fully saturated rings. The molecule has 0 saturated heterocycles. The van der Waals surface area contributed by atoms with Gasteiger partial charge in [-0.05, 0) is 64.8 Å². The van der Waals surface area contributed by atoms with E-state index in [0.29, 0.717) is 12.0 Å². The van der Waals surface area contributed by atoms with E-state index in [1.54, 1.807) is 11.3 Å². The highest BCUT2D eigenvalue weighted by atomic mass is 79.9. The van der Waals surface area contributed by atoms with Crippen molar-refractivity contribution in [1.82, 2.24) is 4.90 Å². The fourth-order valence-corrected chi connectivity index (χ4v) is 4.10. The van der Waals surface area contributed by atoms with Gasteiger partial charge in [0, 0.05) is 12.6 Å². The van der Waals surface area contributed by atoms with Gasteiger partial charge in [0.25, 0.3) is 0 Å². The summed E-state index contributed by atoms with van der Waals surface area (Å²) in [6.07, 6.45) is 3.97. The molecule has 96 valence electrons. The molecule has 2 rings (SSSR count). The van der Waals surface area contributed by atoms with Gasteiger partial charge in [-0.3, -0.25) is 4.90 Å². The number of nitrogens with zero attached hydrogens (tertiary/aromatic N) is 1. The summed E-state index contributed by atoms with van der Waals surface area (Å²) < 4.78 is 1.23. The first-order valence-electron chi connectivity index (χ1n) is 6.41. The zero-order valence-corrected chi connectivity index (χ0v) is 12.8. The van der Waals surface area contributed by atoms with E-state index >= 15 is 0 Å². The summed E-state index contributed by atoms with van der Waals surface area (Å²) in [6.45, 7) is 5.29. The second-order valence-electron chi connectivity index (χ2n) is 4.82. The van der Waals surface area contributed by atoms with Gasteiger partial charge < -0.3 is 5.73 Å². The van der Waals surface area contributed by atoms with Crippen molar-refractivity contribution in [3.8, 4) is 0 Å². The van der Waals surface area contributed by atoms with Gasteiger partial charge >= 0.3 is 0 Å². The van der Waals surface area contributed by atoms with Gasteiger partial charge in [0.15, 0.2) is 0 Å². The number of thiophene rings is 1. The Morgan fingerprint density at radius 3 is 2.94 bits per heavy atom. The van der Waals surface area contributed by atoms with Gasteiger partial charge in [0.2, 0.25) is 0 Å². The van der Waals surface area contributed by atoms with Crippen LogP contribution in [0.1, 0.15) is 31.7 Å². The van der Waals surface area contributed by atoms with Gasteiger partial charge in [0.1, 0.15) is 0 Å². The first-order chi connectivity index (χ1) is 8.24. The largest absolute Gasteiger partial charge is 0.330 e. The van der Waals surface area contributed by atoms with Crippen molar-refractivity contribution in [3.63, 3.8) is 0 Å². The van der Waals surface area contributed by atoms with E-state index in [-0.39, 0.29) is 0 Å². The van der Waals surface area contributed by atoms with E-state index in [2.05, 4.69) is 39.2 Å². The first kappa shape index (κ1) is 13.5. The van der Waals surface area contributed by atoms with Crippen molar-refractivity contribution in [2.24, 2.45) is 11.7 Å². The van der Waals surface area contributed by atoms with Gasteiger partial charge in [-0.2, -0.15) is 0 Å². The maximum atomic E-state index is 5.88. The lowest BCUT2D eigenvalue weighted by molar-refractivity contribution is 0.162. The summed E-state index contributed by atoms with van der Waals surface area (Å²) in [4.78, 5) is 2.60. The number of hydrogen-bond acceptors (Lipinski definition) is 3. The number of nitrogens with two attached hydrogens (primary N) is 1. The molecule has 1 aliphatic rings. The zero-order chi connectivity index (χ0) is 12.3. The molecule has 2 unspecified atom stereocenters. The summed E-state index contributed by atoms with van der Waals surface area (Å²) >= 11 is 5.30. The maximum Gasteiger partial charge on any atom is 0.0701 e. The van der Waals surface area contributed by atoms with E-state index < -0.39 is 0 Å². The van der Waals surface area contributed by atoms with Crippen molar-refractivity contribution in [1.29, 1.82) is 0 Å². The smallest absolute Gasteiger partial charge is 0.0701 e. The Hall–Kier alpha value is 0.1000. The number of halogens is 1. The minimum Gasteiger partial charge on any atom is -0.330 e. The number of rotatable bonds is 5. The van der Waals surface area contributed by atoms with Crippen LogP contribution in [0.2, 0.25) is 0 Å². The fourth-order valence-electron chi connectivity index (χ4n) is 2.90. The molecule has 1 saturated carbocycles. The predicted molar refractivity (Wildman–Crippen MR) is 78.3 cm³/mol. The molecule has 1 heterocycles. The standard InChI is InChI=1S/C13H21BrN2S/c1-2-16(8-10-6-13(14)17-9-10)12-5-3-4-11(12)7-15/h6,9,11-12H,2-5,7-8,15H2,1H3. The molecule has 17 heavy (non-hydrogen) atoms. The van der Waals surface area contributed by atoms with Crippen LogP contribution in [0.25, 0.3) is 0 Å². The monoisotopic (exact) mass is 316 g/mol. The SMILES string of the molecule is CCN(Cc1csc(Br)c1)C1CCCC1CN. The Balaban J connectivity index is 2.00. The van der Waals surface area contributed by atoms with E-state index in [1.165, 1.54) is 28.6 Å². The molecule has 2 nitrogen and oxygen atoms in total. The van der Waals surface area contributed by atoms with Crippen molar-refractivity contribution in [3.05, 3.63) is 20.8 Å². The quantitative estimate of drug-likeness (QED) is 0.901. The highest BCUT2D eigenvalue weighted by molar-refractivity contribution is 9.11. The molecule has 1 aromatic heterocycles. The van der Waals surface area contributed by atoms with Gasteiger partial charge in [-0.25, -0.2) is 0 Å². The molecule has 1 aromatic rings. The molecule has 1 aliphatic carbocycles. The minimum atomic E-state index is 0.698. The second-order valence-corrected chi connectivity index (χ2v) is 7.11. The highest BCUT2D eigenvalue weighted by Crippen LogP contribution is 2.31. The Morgan fingerprint density at radius 2 is 2.35 bits per heavy atom. The highest BCUT2D eigenvalue weighted by Gasteiger charge is 2.30. The molecule has 0 radical (unpaired) electrons. The van der Waals surface area contributed by atoms with Gasteiger partial charge in [0.05, 0.1) is 3.79 Å². The van der Waals surface area contributed by atoms with Gasteiger partial charge in [-0.1, -0.05) is 13.3 Å². The minimum absolute atomic E-state index is 0.698. The average Bonchev–Trinajstić information content (AvgIpc) is 2.94. The molecule has 4 heteroatoms. The first-order valence-corrected chi connectivity index (χ1v) is 8.09. The van der Waals surface area contributed by atoms with Crippen LogP contribution in [0.4, 0.5) is 0 Å². The molecule has 0 amide bonds. The summed E-state index contributed by atoms with van der Waals surface area (Å²) in [6, 6.07) is 2.93. The van der Waals surface area contributed by atoms with E-state index in [4.69, 9.17) is 5.73 Å². The summed E-state index contributed by atoms with van der Waals surface area (Å²) in [5.41, 5.74) is 7.30. The van der Waals surface area contributed by atoms with E-state index in [1.807, 2.05) is 0 Å². The average molecular weight is 317 g/mol. The van der Waals surface area contributed by atoms with E-state index in [9.17, 15) is 0 Å². The fraction of sp³-hybridized carbons (Fsp3) is 0.692. The lowest BCUT2D eigenvalue weighted by Gasteiger charge is -2.31. The predicted octanol–water partition coefficient (Wildman–Crippen LogP) is 3.46. The Bertz CT molecular complexity index is 353.